The predicted molar refractivity (Wildman–Crippen MR) is 105 cm³/mol. The minimum Gasteiger partial charge on any atom is -0.478 e. The number of thiazole rings is 1. The first-order chi connectivity index (χ1) is 13.0. The first-order valence-electron chi connectivity index (χ1n) is 8.84. The molecule has 0 bridgehead atoms. The van der Waals surface area contributed by atoms with Gasteiger partial charge in [0.25, 0.3) is 5.91 Å². The van der Waals surface area contributed by atoms with Crippen molar-refractivity contribution in [2.45, 2.75) is 32.9 Å². The van der Waals surface area contributed by atoms with Crippen LogP contribution in [-0.4, -0.2) is 17.0 Å². The monoisotopic (exact) mass is 382 g/mol. The minimum absolute atomic E-state index is 0.0825. The Bertz CT molecular complexity index is 984. The van der Waals surface area contributed by atoms with Crippen LogP contribution in [0.3, 0.4) is 0 Å². The molecule has 2 aromatic carbocycles. The third-order valence-electron chi connectivity index (χ3n) is 4.60. The quantitative estimate of drug-likeness (QED) is 0.640. The van der Waals surface area contributed by atoms with Gasteiger partial charge in [0.2, 0.25) is 0 Å². The second kappa shape index (κ2) is 7.12. The summed E-state index contributed by atoms with van der Waals surface area (Å²) >= 11 is 1.59. The van der Waals surface area contributed by atoms with Crippen molar-refractivity contribution in [2.75, 3.05) is 4.90 Å². The predicted octanol–water partition coefficient (Wildman–Crippen LogP) is 4.96. The molecule has 3 aromatic rings. The zero-order valence-corrected chi connectivity index (χ0v) is 15.9. The van der Waals surface area contributed by atoms with Crippen LogP contribution in [0, 0.1) is 12.7 Å². The van der Waals surface area contributed by atoms with Crippen molar-refractivity contribution in [3.63, 3.8) is 0 Å². The Balaban J connectivity index is 1.75. The molecule has 2 heterocycles. The van der Waals surface area contributed by atoms with Gasteiger partial charge in [-0.1, -0.05) is 19.1 Å². The largest absolute Gasteiger partial charge is 0.478 e. The van der Waals surface area contributed by atoms with Crippen LogP contribution in [0.5, 0.6) is 5.75 Å². The summed E-state index contributed by atoms with van der Waals surface area (Å²) in [5.41, 5.74) is 3.40. The van der Waals surface area contributed by atoms with Gasteiger partial charge in [0.05, 0.1) is 22.9 Å². The lowest BCUT2D eigenvalue weighted by atomic mass is 10.1. The number of anilines is 1. The fraction of sp³-hybridized carbons (Fsp3) is 0.238. The normalized spacial score (nSPS) is 16.2. The van der Waals surface area contributed by atoms with E-state index in [4.69, 9.17) is 4.74 Å². The third-order valence-corrected chi connectivity index (χ3v) is 5.37. The number of benzene rings is 2. The van der Waals surface area contributed by atoms with Gasteiger partial charge in [-0.25, -0.2) is 9.37 Å². The topological polar surface area (TPSA) is 42.4 Å². The number of halogens is 1. The lowest BCUT2D eigenvalue weighted by Gasteiger charge is -2.34. The summed E-state index contributed by atoms with van der Waals surface area (Å²) in [7, 11) is 0. The molecule has 0 saturated heterocycles. The molecule has 6 heteroatoms. The number of aryl methyl sites for hydroxylation is 1. The standard InChI is InChI=1S/C21H19FN2O2S/c1-3-19-21(25)24(11-14-4-7-16(22)8-5-14)18-10-15(6-9-20(18)26-19)17-12-27-13(2)23-17/h4-10,12,19H,3,11H2,1-2H3. The van der Waals surface area contributed by atoms with E-state index in [0.717, 1.165) is 27.5 Å². The van der Waals surface area contributed by atoms with Crippen LogP contribution in [-0.2, 0) is 11.3 Å². The first kappa shape index (κ1) is 17.7. The molecule has 0 N–H and O–H groups in total. The Hall–Kier alpha value is -2.73. The fourth-order valence-corrected chi connectivity index (χ4v) is 3.79. The maximum atomic E-state index is 13.2. The maximum Gasteiger partial charge on any atom is 0.268 e. The molecular weight excluding hydrogens is 363 g/mol. The SMILES string of the molecule is CCC1Oc2ccc(-c3csc(C)n3)cc2N(Cc2ccc(F)cc2)C1=O. The fourth-order valence-electron chi connectivity index (χ4n) is 3.17. The van der Waals surface area contributed by atoms with Gasteiger partial charge in [-0.05, 0) is 49.2 Å². The second-order valence-corrected chi connectivity index (χ2v) is 7.56. The summed E-state index contributed by atoms with van der Waals surface area (Å²) in [6.45, 7) is 4.26. The van der Waals surface area contributed by atoms with Crippen LogP contribution in [0.4, 0.5) is 10.1 Å². The molecule has 1 aromatic heterocycles. The molecule has 1 atom stereocenters. The number of ether oxygens (including phenoxy) is 1. The minimum atomic E-state index is -0.509. The summed E-state index contributed by atoms with van der Waals surface area (Å²) in [4.78, 5) is 19.2. The molecule has 0 aliphatic carbocycles. The van der Waals surface area contributed by atoms with E-state index in [-0.39, 0.29) is 11.7 Å². The van der Waals surface area contributed by atoms with Crippen molar-refractivity contribution >= 4 is 22.9 Å². The van der Waals surface area contributed by atoms with Crippen LogP contribution in [0.2, 0.25) is 0 Å². The number of rotatable bonds is 4. The molecule has 1 amide bonds. The number of aromatic nitrogens is 1. The van der Waals surface area contributed by atoms with E-state index in [0.29, 0.717) is 18.7 Å². The zero-order valence-electron chi connectivity index (χ0n) is 15.1. The van der Waals surface area contributed by atoms with Gasteiger partial charge < -0.3 is 9.64 Å². The van der Waals surface area contributed by atoms with Crippen LogP contribution in [0.25, 0.3) is 11.3 Å². The number of amides is 1. The van der Waals surface area contributed by atoms with E-state index in [1.807, 2.05) is 37.4 Å². The zero-order chi connectivity index (χ0) is 19.0. The Kier molecular flexibility index (Phi) is 4.66. The molecule has 1 unspecified atom stereocenters. The van der Waals surface area contributed by atoms with Crippen LogP contribution in [0.1, 0.15) is 23.9 Å². The van der Waals surface area contributed by atoms with Gasteiger partial charge in [-0.15, -0.1) is 11.3 Å². The second-order valence-electron chi connectivity index (χ2n) is 6.50. The molecule has 0 saturated carbocycles. The first-order valence-corrected chi connectivity index (χ1v) is 9.72. The molecular formula is C21H19FN2O2S. The highest BCUT2D eigenvalue weighted by molar-refractivity contribution is 7.09. The van der Waals surface area contributed by atoms with E-state index in [1.165, 1.54) is 12.1 Å². The average Bonchev–Trinajstić information content (AvgIpc) is 3.11. The smallest absolute Gasteiger partial charge is 0.268 e. The number of hydrogen-bond acceptors (Lipinski definition) is 4. The number of hydrogen-bond donors (Lipinski definition) is 0. The number of fused-ring (bicyclic) bond motifs is 1. The van der Waals surface area contributed by atoms with Gasteiger partial charge in [-0.3, -0.25) is 4.79 Å². The summed E-state index contributed by atoms with van der Waals surface area (Å²) < 4.78 is 19.1. The summed E-state index contributed by atoms with van der Waals surface area (Å²) in [5.74, 6) is 0.306. The third kappa shape index (κ3) is 3.45. The molecule has 0 radical (unpaired) electrons. The van der Waals surface area contributed by atoms with E-state index >= 15 is 0 Å². The van der Waals surface area contributed by atoms with Gasteiger partial charge in [0.1, 0.15) is 11.6 Å². The van der Waals surface area contributed by atoms with Crippen molar-refractivity contribution in [2.24, 2.45) is 0 Å². The molecule has 4 nitrogen and oxygen atoms in total. The Labute approximate surface area is 161 Å². The van der Waals surface area contributed by atoms with Crippen molar-refractivity contribution < 1.29 is 13.9 Å². The van der Waals surface area contributed by atoms with Crippen LogP contribution >= 0.6 is 11.3 Å². The van der Waals surface area contributed by atoms with Crippen molar-refractivity contribution in [3.8, 4) is 17.0 Å². The number of nitrogens with zero attached hydrogens (tertiary/aromatic N) is 2. The highest BCUT2D eigenvalue weighted by Crippen LogP contribution is 2.39. The molecule has 0 fully saturated rings. The van der Waals surface area contributed by atoms with E-state index in [1.54, 1.807) is 28.4 Å². The number of carbonyl (C=O) groups excluding carboxylic acids is 1. The van der Waals surface area contributed by atoms with Gasteiger partial charge in [0, 0.05) is 10.9 Å². The van der Waals surface area contributed by atoms with E-state index in [2.05, 4.69) is 4.98 Å². The summed E-state index contributed by atoms with van der Waals surface area (Å²) in [5, 5.41) is 2.99. The molecule has 4 rings (SSSR count). The number of carbonyl (C=O) groups is 1. The Morgan fingerprint density at radius 3 is 2.67 bits per heavy atom. The van der Waals surface area contributed by atoms with Gasteiger partial charge >= 0.3 is 0 Å². The lowest BCUT2D eigenvalue weighted by Crippen LogP contribution is -2.45. The van der Waals surface area contributed by atoms with E-state index in [9.17, 15) is 9.18 Å². The van der Waals surface area contributed by atoms with Gasteiger partial charge in [-0.2, -0.15) is 0 Å². The van der Waals surface area contributed by atoms with Crippen LogP contribution in [0.15, 0.2) is 47.8 Å². The van der Waals surface area contributed by atoms with E-state index < -0.39 is 6.10 Å². The van der Waals surface area contributed by atoms with Gasteiger partial charge in [0.15, 0.2) is 6.10 Å². The highest BCUT2D eigenvalue weighted by atomic mass is 32.1. The van der Waals surface area contributed by atoms with Crippen LogP contribution < -0.4 is 9.64 Å². The van der Waals surface area contributed by atoms with Crippen molar-refractivity contribution in [1.82, 2.24) is 4.98 Å². The summed E-state index contributed by atoms with van der Waals surface area (Å²) in [6.07, 6.45) is 0.0795. The Morgan fingerprint density at radius 1 is 1.22 bits per heavy atom. The molecule has 1 aliphatic rings. The van der Waals surface area contributed by atoms with Crippen molar-refractivity contribution in [1.29, 1.82) is 0 Å². The summed E-state index contributed by atoms with van der Waals surface area (Å²) in [6, 6.07) is 12.0. The lowest BCUT2D eigenvalue weighted by molar-refractivity contribution is -0.126. The molecule has 27 heavy (non-hydrogen) atoms. The molecule has 138 valence electrons. The molecule has 0 spiro atoms. The van der Waals surface area contributed by atoms with Crippen molar-refractivity contribution in [3.05, 3.63) is 64.2 Å². The maximum absolute atomic E-state index is 13.2. The average molecular weight is 382 g/mol. The molecule has 1 aliphatic heterocycles. The highest BCUT2D eigenvalue weighted by Gasteiger charge is 2.33. The Morgan fingerprint density at radius 2 is 2.00 bits per heavy atom.